The predicted molar refractivity (Wildman–Crippen MR) is 77.3 cm³/mol. The third-order valence-electron chi connectivity index (χ3n) is 3.38. The first-order valence-electron chi connectivity index (χ1n) is 6.13. The summed E-state index contributed by atoms with van der Waals surface area (Å²) >= 11 is 3.06. The molecule has 0 radical (unpaired) electrons. The third-order valence-corrected chi connectivity index (χ3v) is 5.60. The lowest BCUT2D eigenvalue weighted by atomic mass is 10.3. The Hall–Kier alpha value is -0.700. The highest BCUT2D eigenvalue weighted by Gasteiger charge is 2.30. The van der Waals surface area contributed by atoms with Crippen LogP contribution in [-0.2, 0) is 14.8 Å². The second-order valence-electron chi connectivity index (χ2n) is 4.79. The number of benzene rings is 1. The van der Waals surface area contributed by atoms with Crippen molar-refractivity contribution in [3.63, 3.8) is 0 Å². The number of nitrogens with one attached hydrogen (secondary N) is 1. The molecule has 8 heteroatoms. The van der Waals surface area contributed by atoms with E-state index in [1.807, 2.05) is 0 Å². The first kappa shape index (κ1) is 15.7. The van der Waals surface area contributed by atoms with E-state index in [1.54, 1.807) is 7.11 Å². The van der Waals surface area contributed by atoms with Gasteiger partial charge in [-0.2, -0.15) is 0 Å². The summed E-state index contributed by atoms with van der Waals surface area (Å²) in [5.74, 6) is -0.833. The van der Waals surface area contributed by atoms with Crippen LogP contribution in [0.15, 0.2) is 21.5 Å². The molecular formula is C12H16BrFN2O3S. The quantitative estimate of drug-likeness (QED) is 0.798. The summed E-state index contributed by atoms with van der Waals surface area (Å²) < 4.78 is 46.2. The number of nitrogen functional groups attached to an aromatic ring is 1. The minimum atomic E-state index is -3.93. The van der Waals surface area contributed by atoms with Crippen LogP contribution in [0.4, 0.5) is 10.1 Å². The Balaban J connectivity index is 2.21. The van der Waals surface area contributed by atoms with Gasteiger partial charge >= 0.3 is 0 Å². The normalized spacial score (nSPS) is 23.1. The molecule has 1 saturated carbocycles. The molecule has 2 unspecified atom stereocenters. The summed E-state index contributed by atoms with van der Waals surface area (Å²) in [5.41, 5.74) is 5.79. The first-order chi connectivity index (χ1) is 9.33. The second-order valence-corrected chi connectivity index (χ2v) is 7.33. The standard InChI is InChI=1S/C12H16BrFN2O3S/c1-19-8-3-2-7(4-8)16-20(17,18)12-6-11(15)9(13)5-10(12)14/h5-8,16H,2-4,15H2,1H3. The van der Waals surface area contributed by atoms with Crippen LogP contribution in [0.2, 0.25) is 0 Å². The van der Waals surface area contributed by atoms with Crippen molar-refractivity contribution in [2.75, 3.05) is 12.8 Å². The second kappa shape index (κ2) is 5.97. The number of sulfonamides is 1. The fourth-order valence-corrected chi connectivity index (χ4v) is 3.99. The highest BCUT2D eigenvalue weighted by molar-refractivity contribution is 9.10. The van der Waals surface area contributed by atoms with Gasteiger partial charge in [0.1, 0.15) is 10.7 Å². The Kier molecular flexibility index (Phi) is 4.68. The summed E-state index contributed by atoms with van der Waals surface area (Å²) in [6.07, 6.45) is 2.09. The molecule has 1 aromatic carbocycles. The molecule has 112 valence electrons. The van der Waals surface area contributed by atoms with Crippen molar-refractivity contribution in [1.82, 2.24) is 4.72 Å². The molecule has 3 N–H and O–H groups in total. The van der Waals surface area contributed by atoms with Crippen LogP contribution in [0.3, 0.4) is 0 Å². The maximum absolute atomic E-state index is 13.8. The monoisotopic (exact) mass is 366 g/mol. The Morgan fingerprint density at radius 3 is 2.75 bits per heavy atom. The van der Waals surface area contributed by atoms with Crippen LogP contribution >= 0.6 is 15.9 Å². The molecule has 1 aliphatic carbocycles. The van der Waals surface area contributed by atoms with E-state index in [0.717, 1.165) is 18.6 Å². The molecule has 1 fully saturated rings. The molecule has 1 aliphatic rings. The van der Waals surface area contributed by atoms with Crippen molar-refractivity contribution in [3.05, 3.63) is 22.4 Å². The van der Waals surface area contributed by atoms with Crippen LogP contribution in [0.1, 0.15) is 19.3 Å². The van der Waals surface area contributed by atoms with Crippen molar-refractivity contribution in [2.45, 2.75) is 36.3 Å². The van der Waals surface area contributed by atoms with E-state index in [0.29, 0.717) is 17.3 Å². The molecule has 0 spiro atoms. The van der Waals surface area contributed by atoms with E-state index in [1.165, 1.54) is 0 Å². The van der Waals surface area contributed by atoms with Crippen molar-refractivity contribution in [1.29, 1.82) is 0 Å². The SMILES string of the molecule is COC1CCC(NS(=O)(=O)c2cc(N)c(Br)cc2F)C1. The third kappa shape index (κ3) is 3.30. The summed E-state index contributed by atoms with van der Waals surface area (Å²) in [4.78, 5) is -0.431. The maximum Gasteiger partial charge on any atom is 0.243 e. The van der Waals surface area contributed by atoms with Crippen LogP contribution in [0.5, 0.6) is 0 Å². The van der Waals surface area contributed by atoms with E-state index < -0.39 is 20.7 Å². The highest BCUT2D eigenvalue weighted by atomic mass is 79.9. The fourth-order valence-electron chi connectivity index (χ4n) is 2.29. The average molecular weight is 367 g/mol. The van der Waals surface area contributed by atoms with Crippen LogP contribution < -0.4 is 10.5 Å². The van der Waals surface area contributed by atoms with E-state index in [2.05, 4.69) is 20.7 Å². The van der Waals surface area contributed by atoms with Crippen LogP contribution in [0.25, 0.3) is 0 Å². The largest absolute Gasteiger partial charge is 0.398 e. The molecule has 0 aliphatic heterocycles. The molecule has 0 aromatic heterocycles. The molecular weight excluding hydrogens is 351 g/mol. The first-order valence-corrected chi connectivity index (χ1v) is 8.40. The lowest BCUT2D eigenvalue weighted by Gasteiger charge is -2.14. The molecule has 0 amide bonds. The van der Waals surface area contributed by atoms with E-state index in [9.17, 15) is 12.8 Å². The van der Waals surface area contributed by atoms with Gasteiger partial charge in [0.2, 0.25) is 10.0 Å². The molecule has 2 rings (SSSR count). The number of halogens is 2. The number of ether oxygens (including phenoxy) is 1. The van der Waals surface area contributed by atoms with Gasteiger partial charge in [-0.25, -0.2) is 17.5 Å². The van der Waals surface area contributed by atoms with Crippen LogP contribution in [-0.4, -0.2) is 27.7 Å². The summed E-state index contributed by atoms with van der Waals surface area (Å²) in [5, 5.41) is 0. The highest BCUT2D eigenvalue weighted by Crippen LogP contribution is 2.28. The van der Waals surface area contributed by atoms with Gasteiger partial charge in [-0.05, 0) is 47.3 Å². The molecule has 0 heterocycles. The molecule has 2 atom stereocenters. The maximum atomic E-state index is 13.8. The number of anilines is 1. The van der Waals surface area contributed by atoms with E-state index >= 15 is 0 Å². The van der Waals surface area contributed by atoms with Crippen molar-refractivity contribution in [3.8, 4) is 0 Å². The van der Waals surface area contributed by atoms with Crippen molar-refractivity contribution < 1.29 is 17.5 Å². The molecule has 0 saturated heterocycles. The predicted octanol–water partition coefficient (Wildman–Crippen LogP) is 2.02. The van der Waals surface area contributed by atoms with Crippen LogP contribution in [0, 0.1) is 5.82 Å². The summed E-state index contributed by atoms with van der Waals surface area (Å²) in [7, 11) is -2.33. The van der Waals surface area contributed by atoms with Gasteiger partial charge in [-0.15, -0.1) is 0 Å². The molecule has 5 nitrogen and oxygen atoms in total. The number of methoxy groups -OCH3 is 1. The fraction of sp³-hybridized carbons (Fsp3) is 0.500. The van der Waals surface area contributed by atoms with Gasteiger partial charge < -0.3 is 10.5 Å². The minimum Gasteiger partial charge on any atom is -0.398 e. The molecule has 1 aromatic rings. The Labute approximate surface area is 125 Å². The van der Waals surface area contributed by atoms with Gasteiger partial charge in [-0.3, -0.25) is 0 Å². The van der Waals surface area contributed by atoms with Crippen molar-refractivity contribution in [2.24, 2.45) is 0 Å². The van der Waals surface area contributed by atoms with E-state index in [4.69, 9.17) is 10.5 Å². The number of rotatable bonds is 4. The van der Waals surface area contributed by atoms with Gasteiger partial charge in [-0.1, -0.05) is 0 Å². The zero-order valence-electron chi connectivity index (χ0n) is 10.9. The van der Waals surface area contributed by atoms with E-state index in [-0.39, 0.29) is 17.8 Å². The topological polar surface area (TPSA) is 81.4 Å². The number of nitrogens with two attached hydrogens (primary N) is 1. The van der Waals surface area contributed by atoms with Gasteiger partial charge in [0, 0.05) is 23.3 Å². The number of hydrogen-bond acceptors (Lipinski definition) is 4. The molecule has 20 heavy (non-hydrogen) atoms. The number of hydrogen-bond donors (Lipinski definition) is 2. The molecule has 0 bridgehead atoms. The van der Waals surface area contributed by atoms with Gasteiger partial charge in [0.05, 0.1) is 6.10 Å². The minimum absolute atomic E-state index is 0.0440. The Bertz CT molecular complexity index is 609. The Morgan fingerprint density at radius 2 is 2.15 bits per heavy atom. The zero-order chi connectivity index (χ0) is 14.9. The van der Waals surface area contributed by atoms with Crippen molar-refractivity contribution >= 4 is 31.6 Å². The lowest BCUT2D eigenvalue weighted by Crippen LogP contribution is -2.34. The summed E-state index contributed by atoms with van der Waals surface area (Å²) in [6.45, 7) is 0. The Morgan fingerprint density at radius 1 is 1.45 bits per heavy atom. The average Bonchev–Trinajstić information content (AvgIpc) is 2.80. The lowest BCUT2D eigenvalue weighted by molar-refractivity contribution is 0.107. The van der Waals surface area contributed by atoms with Gasteiger partial charge in [0.15, 0.2) is 0 Å². The smallest absolute Gasteiger partial charge is 0.243 e. The zero-order valence-corrected chi connectivity index (χ0v) is 13.3. The summed E-state index contributed by atoms with van der Waals surface area (Å²) in [6, 6.07) is 1.93. The van der Waals surface area contributed by atoms with Gasteiger partial charge in [0.25, 0.3) is 0 Å².